The van der Waals surface area contributed by atoms with Crippen LogP contribution in [0.15, 0.2) is 18.3 Å². The summed E-state index contributed by atoms with van der Waals surface area (Å²) < 4.78 is 13.6. The Morgan fingerprint density at radius 1 is 1.32 bits per heavy atom. The summed E-state index contributed by atoms with van der Waals surface area (Å²) in [5.41, 5.74) is 2.19. The Kier molecular flexibility index (Phi) is 4.45. The number of nitrogens with zero attached hydrogens (tertiary/aromatic N) is 1. The van der Waals surface area contributed by atoms with E-state index >= 15 is 0 Å². The van der Waals surface area contributed by atoms with Crippen LogP contribution >= 0.6 is 23.2 Å². The Balaban J connectivity index is 2.37. The highest BCUT2D eigenvalue weighted by molar-refractivity contribution is 6.36. The van der Waals surface area contributed by atoms with Crippen LogP contribution in [0, 0.1) is 5.82 Å². The largest absolute Gasteiger partial charge is 0.310 e. The summed E-state index contributed by atoms with van der Waals surface area (Å²) in [4.78, 5) is 0. The molecule has 0 fully saturated rings. The molecule has 6 heteroatoms. The smallest absolute Gasteiger partial charge is 0.142 e. The van der Waals surface area contributed by atoms with Gasteiger partial charge in [0.15, 0.2) is 0 Å². The van der Waals surface area contributed by atoms with Crippen molar-refractivity contribution >= 4 is 23.2 Å². The maximum absolute atomic E-state index is 13.6. The molecule has 2 N–H and O–H groups in total. The predicted octanol–water partition coefficient (Wildman–Crippen LogP) is 4.02. The van der Waals surface area contributed by atoms with Crippen molar-refractivity contribution in [3.63, 3.8) is 0 Å². The van der Waals surface area contributed by atoms with Gasteiger partial charge in [-0.3, -0.25) is 5.10 Å². The third-order valence-corrected chi connectivity index (χ3v) is 3.30. The van der Waals surface area contributed by atoms with Gasteiger partial charge in [-0.2, -0.15) is 5.10 Å². The molecule has 0 saturated heterocycles. The van der Waals surface area contributed by atoms with Gasteiger partial charge in [-0.25, -0.2) is 4.39 Å². The van der Waals surface area contributed by atoms with Gasteiger partial charge in [-0.05, 0) is 12.1 Å². The molecule has 102 valence electrons. The normalized spacial score (nSPS) is 11.3. The topological polar surface area (TPSA) is 40.7 Å². The van der Waals surface area contributed by atoms with Gasteiger partial charge in [0.2, 0.25) is 0 Å². The van der Waals surface area contributed by atoms with E-state index in [2.05, 4.69) is 29.4 Å². The third kappa shape index (κ3) is 3.26. The minimum atomic E-state index is -0.501. The maximum atomic E-state index is 13.6. The lowest BCUT2D eigenvalue weighted by Crippen LogP contribution is -2.21. The van der Waals surface area contributed by atoms with Crippen molar-refractivity contribution in [3.05, 3.63) is 39.8 Å². The van der Waals surface area contributed by atoms with E-state index in [1.165, 1.54) is 12.1 Å². The third-order valence-electron chi connectivity index (χ3n) is 2.70. The average molecular weight is 302 g/mol. The van der Waals surface area contributed by atoms with E-state index in [9.17, 15) is 4.39 Å². The Hall–Kier alpha value is -1.10. The van der Waals surface area contributed by atoms with Crippen LogP contribution in [-0.4, -0.2) is 16.2 Å². The second-order valence-electron chi connectivity index (χ2n) is 4.55. The number of hydrogen-bond acceptors (Lipinski definition) is 2. The van der Waals surface area contributed by atoms with Gasteiger partial charge < -0.3 is 5.32 Å². The lowest BCUT2D eigenvalue weighted by atomic mass is 10.1. The first-order valence-corrected chi connectivity index (χ1v) is 6.65. The molecular weight excluding hydrogens is 288 g/mol. The zero-order chi connectivity index (χ0) is 14.0. The van der Waals surface area contributed by atoms with Crippen molar-refractivity contribution in [1.82, 2.24) is 15.5 Å². The molecule has 0 aliphatic heterocycles. The van der Waals surface area contributed by atoms with E-state index in [1.54, 1.807) is 6.20 Å². The summed E-state index contributed by atoms with van der Waals surface area (Å²) in [5.74, 6) is -0.501. The second kappa shape index (κ2) is 5.90. The number of aromatic nitrogens is 2. The molecule has 19 heavy (non-hydrogen) atoms. The van der Waals surface area contributed by atoms with Crippen molar-refractivity contribution in [3.8, 4) is 11.3 Å². The van der Waals surface area contributed by atoms with Crippen LogP contribution < -0.4 is 5.32 Å². The fourth-order valence-corrected chi connectivity index (χ4v) is 2.18. The molecule has 2 aromatic rings. The van der Waals surface area contributed by atoms with Crippen molar-refractivity contribution in [2.75, 3.05) is 0 Å². The number of rotatable bonds is 4. The molecule has 0 spiro atoms. The monoisotopic (exact) mass is 301 g/mol. The number of hydrogen-bond donors (Lipinski definition) is 2. The number of nitrogens with one attached hydrogen (secondary N) is 2. The van der Waals surface area contributed by atoms with Gasteiger partial charge >= 0.3 is 0 Å². The summed E-state index contributed by atoms with van der Waals surface area (Å²) in [6.45, 7) is 4.73. The Labute approximate surface area is 121 Å². The Morgan fingerprint density at radius 3 is 2.74 bits per heavy atom. The Bertz CT molecular complexity index is 581. The van der Waals surface area contributed by atoms with Gasteiger partial charge in [0.05, 0.1) is 21.9 Å². The second-order valence-corrected chi connectivity index (χ2v) is 5.37. The van der Waals surface area contributed by atoms with Crippen LogP contribution in [0.3, 0.4) is 0 Å². The average Bonchev–Trinajstić information content (AvgIpc) is 2.79. The first kappa shape index (κ1) is 14.3. The van der Waals surface area contributed by atoms with Crippen molar-refractivity contribution in [2.45, 2.75) is 26.4 Å². The highest BCUT2D eigenvalue weighted by atomic mass is 35.5. The van der Waals surface area contributed by atoms with E-state index in [-0.39, 0.29) is 5.02 Å². The molecule has 3 nitrogen and oxygen atoms in total. The molecular formula is C13H14Cl2FN3. The van der Waals surface area contributed by atoms with E-state index in [1.807, 2.05) is 0 Å². The number of H-pyrrole nitrogens is 1. The van der Waals surface area contributed by atoms with Crippen LogP contribution in [0.1, 0.15) is 19.4 Å². The van der Waals surface area contributed by atoms with Crippen molar-refractivity contribution < 1.29 is 4.39 Å². The molecule has 1 aromatic carbocycles. The molecule has 1 heterocycles. The first-order valence-electron chi connectivity index (χ1n) is 5.89. The maximum Gasteiger partial charge on any atom is 0.142 e. The van der Waals surface area contributed by atoms with Crippen LogP contribution in [0.5, 0.6) is 0 Å². The summed E-state index contributed by atoms with van der Waals surface area (Å²) in [6.07, 6.45) is 1.70. The minimum absolute atomic E-state index is 0.00937. The molecule has 0 saturated carbocycles. The number of aromatic amines is 1. The van der Waals surface area contributed by atoms with Crippen LogP contribution in [0.2, 0.25) is 10.0 Å². The molecule has 0 amide bonds. The fourth-order valence-electron chi connectivity index (χ4n) is 1.71. The van der Waals surface area contributed by atoms with Crippen molar-refractivity contribution in [2.24, 2.45) is 0 Å². The molecule has 0 aliphatic carbocycles. The van der Waals surface area contributed by atoms with E-state index in [4.69, 9.17) is 23.2 Å². The van der Waals surface area contributed by atoms with E-state index in [0.717, 1.165) is 5.56 Å². The van der Waals surface area contributed by atoms with E-state index in [0.29, 0.717) is 28.9 Å². The van der Waals surface area contributed by atoms with Crippen LogP contribution in [0.25, 0.3) is 11.3 Å². The summed E-state index contributed by atoms with van der Waals surface area (Å²) in [6, 6.07) is 3.06. The number of benzene rings is 1. The standard InChI is InChI=1S/C13H14Cl2FN3/c1-7(2)17-5-8-6-18-19-13(8)9-3-12(16)11(15)4-10(9)14/h3-4,6-7,17H,5H2,1-2H3,(H,18,19). The highest BCUT2D eigenvalue weighted by Crippen LogP contribution is 2.32. The fraction of sp³-hybridized carbons (Fsp3) is 0.308. The lowest BCUT2D eigenvalue weighted by molar-refractivity contribution is 0.589. The zero-order valence-corrected chi connectivity index (χ0v) is 12.1. The SMILES string of the molecule is CC(C)NCc1cn[nH]c1-c1cc(F)c(Cl)cc1Cl. The van der Waals surface area contributed by atoms with Crippen LogP contribution in [0.4, 0.5) is 4.39 Å². The molecule has 0 aliphatic rings. The van der Waals surface area contributed by atoms with Gasteiger partial charge in [-0.1, -0.05) is 37.0 Å². The zero-order valence-electron chi connectivity index (χ0n) is 10.6. The minimum Gasteiger partial charge on any atom is -0.310 e. The summed E-state index contributed by atoms with van der Waals surface area (Å²) in [7, 11) is 0. The van der Waals surface area contributed by atoms with Gasteiger partial charge in [0, 0.05) is 23.7 Å². The molecule has 0 radical (unpaired) electrons. The van der Waals surface area contributed by atoms with Gasteiger partial charge in [0.1, 0.15) is 5.82 Å². The highest BCUT2D eigenvalue weighted by Gasteiger charge is 2.14. The molecule has 0 unspecified atom stereocenters. The molecule has 2 rings (SSSR count). The van der Waals surface area contributed by atoms with Crippen LogP contribution in [-0.2, 0) is 6.54 Å². The molecule has 0 bridgehead atoms. The summed E-state index contributed by atoms with van der Waals surface area (Å²) in [5, 5.41) is 10.5. The first-order chi connectivity index (χ1) is 8.99. The Morgan fingerprint density at radius 2 is 2.05 bits per heavy atom. The van der Waals surface area contributed by atoms with E-state index < -0.39 is 5.82 Å². The lowest BCUT2D eigenvalue weighted by Gasteiger charge is -2.10. The molecule has 0 atom stereocenters. The number of halogens is 3. The molecule has 1 aromatic heterocycles. The van der Waals surface area contributed by atoms with Gasteiger partial charge in [0.25, 0.3) is 0 Å². The predicted molar refractivity (Wildman–Crippen MR) is 76.0 cm³/mol. The van der Waals surface area contributed by atoms with Crippen molar-refractivity contribution in [1.29, 1.82) is 0 Å². The van der Waals surface area contributed by atoms with Gasteiger partial charge in [-0.15, -0.1) is 0 Å². The summed E-state index contributed by atoms with van der Waals surface area (Å²) >= 11 is 11.8. The quantitative estimate of drug-likeness (QED) is 0.837.